The first-order valence-electron chi connectivity index (χ1n) is 9.79. The third-order valence-corrected chi connectivity index (χ3v) is 5.60. The van der Waals surface area contributed by atoms with Crippen molar-refractivity contribution in [1.82, 2.24) is 30.0 Å². The van der Waals surface area contributed by atoms with Crippen LogP contribution >= 0.6 is 11.3 Å². The summed E-state index contributed by atoms with van der Waals surface area (Å²) in [4.78, 5) is 38.0. The topological polar surface area (TPSA) is 155 Å². The molecule has 12 heteroatoms. The van der Waals surface area contributed by atoms with Crippen LogP contribution in [0.2, 0.25) is 0 Å². The Hall–Kier alpha value is -4.03. The molecule has 5 rings (SSSR count). The zero-order valence-electron chi connectivity index (χ0n) is 17.1. The summed E-state index contributed by atoms with van der Waals surface area (Å²) >= 11 is 1.68. The minimum absolute atomic E-state index is 0.252. The minimum atomic E-state index is -1.82. The Labute approximate surface area is 191 Å². The number of carboxylic acid groups (broad SMARTS) is 2. The van der Waals surface area contributed by atoms with E-state index in [1.807, 2.05) is 18.2 Å². The third-order valence-electron chi connectivity index (χ3n) is 4.65. The molecule has 1 fully saturated rings. The van der Waals surface area contributed by atoms with Gasteiger partial charge in [-0.25, -0.2) is 24.5 Å². The first-order valence-corrected chi connectivity index (χ1v) is 10.7. The number of benzene rings is 1. The smallest absolute Gasteiger partial charge is 0.414 e. The summed E-state index contributed by atoms with van der Waals surface area (Å²) in [5.41, 5.74) is 2.26. The molecular weight excluding hydrogens is 448 g/mol. The highest BCUT2D eigenvalue weighted by Gasteiger charge is 2.33. The number of hydrogen-bond donors (Lipinski definition) is 2. The number of nitrogens with zero attached hydrogens (tertiary/aromatic N) is 6. The molecule has 0 radical (unpaired) electrons. The normalized spacial score (nSPS) is 13.6. The van der Waals surface area contributed by atoms with Gasteiger partial charge in [0.25, 0.3) is 0 Å². The van der Waals surface area contributed by atoms with Crippen molar-refractivity contribution in [2.45, 2.75) is 12.5 Å². The highest BCUT2D eigenvalue weighted by atomic mass is 32.1. The van der Waals surface area contributed by atoms with Crippen LogP contribution in [0.25, 0.3) is 22.2 Å². The van der Waals surface area contributed by atoms with Gasteiger partial charge in [-0.05, 0) is 6.07 Å². The molecule has 1 aliphatic heterocycles. The van der Waals surface area contributed by atoms with Crippen LogP contribution in [0.4, 0.5) is 0 Å². The summed E-state index contributed by atoms with van der Waals surface area (Å²) in [6, 6.07) is 12.0. The maximum atomic E-state index is 9.10. The standard InChI is InChI=1S/C19H16N6OS.C2H2O4/c1-2-5-13(6-3-1)19-22-15(12-27-19)11-25-9-14(10-25)18-23-17(24-26-18)16-20-7-4-8-21-16;3-1(4)2(5)6/h1-8,12,14H,9-11H2;(H,3,4)(H,5,6). The van der Waals surface area contributed by atoms with Crippen LogP contribution in [-0.4, -0.2) is 65.2 Å². The van der Waals surface area contributed by atoms with Crippen molar-refractivity contribution in [3.8, 4) is 22.2 Å². The van der Waals surface area contributed by atoms with Crippen molar-refractivity contribution in [3.63, 3.8) is 0 Å². The molecule has 168 valence electrons. The number of carbonyl (C=O) groups is 2. The first kappa shape index (κ1) is 22.2. The van der Waals surface area contributed by atoms with Gasteiger partial charge in [-0.1, -0.05) is 35.5 Å². The quantitative estimate of drug-likeness (QED) is 0.416. The SMILES string of the molecule is O=C(O)C(=O)O.c1ccc(-c2nc(CN3CC(c4nc(-c5ncccn5)no4)C3)cs2)cc1. The molecule has 0 saturated carbocycles. The third kappa shape index (κ3) is 5.61. The molecule has 2 N–H and O–H groups in total. The summed E-state index contributed by atoms with van der Waals surface area (Å²) in [6.45, 7) is 2.60. The molecule has 0 bridgehead atoms. The van der Waals surface area contributed by atoms with Crippen molar-refractivity contribution in [2.75, 3.05) is 13.1 Å². The van der Waals surface area contributed by atoms with E-state index in [0.29, 0.717) is 17.5 Å². The second kappa shape index (κ2) is 10.1. The summed E-state index contributed by atoms with van der Waals surface area (Å²) in [6.07, 6.45) is 3.34. The van der Waals surface area contributed by atoms with Gasteiger partial charge in [0.2, 0.25) is 17.5 Å². The Morgan fingerprint density at radius 2 is 1.70 bits per heavy atom. The predicted octanol–water partition coefficient (Wildman–Crippen LogP) is 2.41. The lowest BCUT2D eigenvalue weighted by molar-refractivity contribution is -0.159. The molecular formula is C21H18N6O5S. The summed E-state index contributed by atoms with van der Waals surface area (Å²) in [5, 5.41) is 22.0. The van der Waals surface area contributed by atoms with E-state index in [9.17, 15) is 0 Å². The van der Waals surface area contributed by atoms with Gasteiger partial charge in [-0.15, -0.1) is 11.3 Å². The van der Waals surface area contributed by atoms with Crippen molar-refractivity contribution in [3.05, 3.63) is 65.8 Å². The molecule has 0 unspecified atom stereocenters. The fourth-order valence-corrected chi connectivity index (χ4v) is 3.90. The highest BCUT2D eigenvalue weighted by molar-refractivity contribution is 7.13. The van der Waals surface area contributed by atoms with E-state index in [1.54, 1.807) is 29.8 Å². The average molecular weight is 466 g/mol. The van der Waals surface area contributed by atoms with Gasteiger partial charge in [-0.2, -0.15) is 4.98 Å². The van der Waals surface area contributed by atoms with Crippen LogP contribution in [-0.2, 0) is 16.1 Å². The molecule has 0 amide bonds. The maximum Gasteiger partial charge on any atom is 0.414 e. The second-order valence-corrected chi connectivity index (χ2v) is 7.90. The van der Waals surface area contributed by atoms with Gasteiger partial charge in [0.15, 0.2) is 0 Å². The van der Waals surface area contributed by atoms with Gasteiger partial charge >= 0.3 is 11.9 Å². The monoisotopic (exact) mass is 466 g/mol. The molecule has 0 atom stereocenters. The van der Waals surface area contributed by atoms with Gasteiger partial charge in [0.05, 0.1) is 11.6 Å². The lowest BCUT2D eigenvalue weighted by atomic mass is 10.00. The zero-order valence-corrected chi connectivity index (χ0v) is 17.9. The van der Waals surface area contributed by atoms with Crippen LogP contribution in [0.15, 0.2) is 58.7 Å². The number of aromatic nitrogens is 5. The van der Waals surface area contributed by atoms with Crippen molar-refractivity contribution >= 4 is 23.3 Å². The Morgan fingerprint density at radius 3 is 2.36 bits per heavy atom. The molecule has 11 nitrogen and oxygen atoms in total. The molecule has 1 aliphatic rings. The van der Waals surface area contributed by atoms with Crippen molar-refractivity contribution in [1.29, 1.82) is 0 Å². The van der Waals surface area contributed by atoms with Gasteiger partial charge < -0.3 is 14.7 Å². The lowest BCUT2D eigenvalue weighted by Gasteiger charge is -2.36. The van der Waals surface area contributed by atoms with E-state index in [4.69, 9.17) is 29.3 Å². The second-order valence-electron chi connectivity index (χ2n) is 7.04. The molecule has 0 spiro atoms. The van der Waals surface area contributed by atoms with Crippen molar-refractivity contribution in [2.24, 2.45) is 0 Å². The minimum Gasteiger partial charge on any atom is -0.473 e. The fraction of sp³-hybridized carbons (Fsp3) is 0.190. The number of thiazole rings is 1. The molecule has 3 aromatic heterocycles. The Bertz CT molecular complexity index is 1210. The number of likely N-dealkylation sites (tertiary alicyclic amines) is 1. The summed E-state index contributed by atoms with van der Waals surface area (Å²) in [7, 11) is 0. The van der Waals surface area contributed by atoms with E-state index in [1.165, 1.54) is 0 Å². The van der Waals surface area contributed by atoms with Gasteiger partial charge in [0.1, 0.15) is 5.01 Å². The van der Waals surface area contributed by atoms with Crippen LogP contribution in [0, 0.1) is 0 Å². The Balaban J connectivity index is 0.000000385. The fourth-order valence-electron chi connectivity index (χ4n) is 3.08. The molecule has 0 aliphatic carbocycles. The molecule has 33 heavy (non-hydrogen) atoms. The average Bonchev–Trinajstić information content (AvgIpc) is 3.48. The predicted molar refractivity (Wildman–Crippen MR) is 116 cm³/mol. The van der Waals surface area contributed by atoms with Crippen molar-refractivity contribution < 1.29 is 24.3 Å². The number of rotatable bonds is 5. The number of carboxylic acids is 2. The summed E-state index contributed by atoms with van der Waals surface area (Å²) < 4.78 is 5.40. The summed E-state index contributed by atoms with van der Waals surface area (Å²) in [5.74, 6) is -1.82. The van der Waals surface area contributed by atoms with E-state index < -0.39 is 11.9 Å². The number of aliphatic carboxylic acids is 2. The van der Waals surface area contributed by atoms with E-state index >= 15 is 0 Å². The van der Waals surface area contributed by atoms with E-state index in [-0.39, 0.29) is 5.92 Å². The Morgan fingerprint density at radius 1 is 1.00 bits per heavy atom. The van der Waals surface area contributed by atoms with Crippen LogP contribution in [0.3, 0.4) is 0 Å². The van der Waals surface area contributed by atoms with Crippen LogP contribution < -0.4 is 0 Å². The van der Waals surface area contributed by atoms with Gasteiger partial charge in [0, 0.05) is 43.0 Å². The first-order chi connectivity index (χ1) is 16.0. The molecule has 1 aromatic carbocycles. The molecule has 4 aromatic rings. The highest BCUT2D eigenvalue weighted by Crippen LogP contribution is 2.29. The van der Waals surface area contributed by atoms with Crippen LogP contribution in [0.1, 0.15) is 17.5 Å². The van der Waals surface area contributed by atoms with E-state index in [0.717, 1.165) is 35.9 Å². The molecule has 4 heterocycles. The lowest BCUT2D eigenvalue weighted by Crippen LogP contribution is -2.44. The zero-order chi connectivity index (χ0) is 23.2. The largest absolute Gasteiger partial charge is 0.473 e. The van der Waals surface area contributed by atoms with Crippen LogP contribution in [0.5, 0.6) is 0 Å². The number of hydrogen-bond acceptors (Lipinski definition) is 10. The Kier molecular flexibility index (Phi) is 6.76. The molecule has 1 saturated heterocycles. The van der Waals surface area contributed by atoms with Gasteiger partial charge in [-0.3, -0.25) is 4.90 Å². The maximum absolute atomic E-state index is 9.10. The van der Waals surface area contributed by atoms with E-state index in [2.05, 4.69) is 42.5 Å².